The molecule has 0 spiro atoms. The molecule has 1 aromatic heterocycles. The van der Waals surface area contributed by atoms with Gasteiger partial charge in [-0.3, -0.25) is 9.69 Å². The van der Waals surface area contributed by atoms with Crippen LogP contribution < -0.4 is 5.32 Å². The van der Waals surface area contributed by atoms with Gasteiger partial charge in [-0.2, -0.15) is 0 Å². The molecule has 8 heteroatoms. The Hall–Kier alpha value is -1.51. The molecule has 6 nitrogen and oxygen atoms in total. The van der Waals surface area contributed by atoms with Gasteiger partial charge in [0.05, 0.1) is 13.2 Å². The first-order chi connectivity index (χ1) is 11.0. The van der Waals surface area contributed by atoms with E-state index < -0.39 is 0 Å². The number of halogens is 1. The Morgan fingerprint density at radius 3 is 2.78 bits per heavy atom. The van der Waals surface area contributed by atoms with Gasteiger partial charge in [0.1, 0.15) is 0 Å². The van der Waals surface area contributed by atoms with Gasteiger partial charge in [-0.25, -0.2) is 4.68 Å². The van der Waals surface area contributed by atoms with Gasteiger partial charge in [-0.1, -0.05) is 22.9 Å². The summed E-state index contributed by atoms with van der Waals surface area (Å²) in [6.07, 6.45) is 0.917. The molecule has 1 heterocycles. The van der Waals surface area contributed by atoms with Crippen molar-refractivity contribution in [2.45, 2.75) is 20.0 Å². The highest BCUT2D eigenvalue weighted by Gasteiger charge is 2.11. The highest BCUT2D eigenvalue weighted by molar-refractivity contribution is 9.10. The quantitative estimate of drug-likeness (QED) is 0.726. The first-order valence-electron chi connectivity index (χ1n) is 7.28. The number of carbonyl (C=O) groups excluding carboxylic acids is 1. The van der Waals surface area contributed by atoms with Gasteiger partial charge in [-0.05, 0) is 50.0 Å². The second kappa shape index (κ2) is 8.37. The van der Waals surface area contributed by atoms with Crippen LogP contribution in [0.2, 0.25) is 0 Å². The number of likely N-dealkylation sites (N-methyl/N-ethyl adjacent to an activating group) is 1. The van der Waals surface area contributed by atoms with Crippen molar-refractivity contribution < 1.29 is 9.21 Å². The van der Waals surface area contributed by atoms with E-state index >= 15 is 0 Å². The van der Waals surface area contributed by atoms with E-state index in [0.29, 0.717) is 19.1 Å². The SMILES string of the molecule is CCCNC(=O)CN(C)Cn1nc(-c2ccc(Br)cc2)oc1=S. The summed E-state index contributed by atoms with van der Waals surface area (Å²) in [5.41, 5.74) is 0.849. The molecule has 0 aliphatic rings. The molecular formula is C15H19BrN4O2S. The van der Waals surface area contributed by atoms with Crippen LogP contribution in [0, 0.1) is 4.84 Å². The van der Waals surface area contributed by atoms with E-state index in [9.17, 15) is 4.79 Å². The highest BCUT2D eigenvalue weighted by atomic mass is 79.9. The molecule has 1 N–H and O–H groups in total. The molecule has 2 aromatic rings. The first kappa shape index (κ1) is 17.8. The van der Waals surface area contributed by atoms with E-state index in [2.05, 4.69) is 26.3 Å². The molecule has 0 atom stereocenters. The van der Waals surface area contributed by atoms with E-state index in [1.807, 2.05) is 43.1 Å². The van der Waals surface area contributed by atoms with Crippen molar-refractivity contribution in [3.05, 3.63) is 33.6 Å². The third kappa shape index (κ3) is 5.26. The number of aromatic nitrogens is 2. The molecular weight excluding hydrogens is 380 g/mol. The van der Waals surface area contributed by atoms with Crippen molar-refractivity contribution >= 4 is 34.1 Å². The molecule has 0 saturated heterocycles. The molecule has 23 heavy (non-hydrogen) atoms. The number of nitrogens with zero attached hydrogens (tertiary/aromatic N) is 3. The molecule has 0 radical (unpaired) electrons. The van der Waals surface area contributed by atoms with Crippen LogP contribution in [0.15, 0.2) is 33.2 Å². The maximum Gasteiger partial charge on any atom is 0.288 e. The predicted molar refractivity (Wildman–Crippen MR) is 94.4 cm³/mol. The summed E-state index contributed by atoms with van der Waals surface area (Å²) < 4.78 is 8.09. The fraction of sp³-hybridized carbons (Fsp3) is 0.400. The zero-order chi connectivity index (χ0) is 16.8. The molecule has 0 aliphatic carbocycles. The summed E-state index contributed by atoms with van der Waals surface area (Å²) in [6.45, 7) is 3.37. The van der Waals surface area contributed by atoms with E-state index in [-0.39, 0.29) is 17.3 Å². The van der Waals surface area contributed by atoms with Gasteiger partial charge >= 0.3 is 0 Å². The lowest BCUT2D eigenvalue weighted by Crippen LogP contribution is -2.36. The van der Waals surface area contributed by atoms with Crippen LogP contribution in [0.3, 0.4) is 0 Å². The summed E-state index contributed by atoms with van der Waals surface area (Å²) >= 11 is 8.59. The van der Waals surface area contributed by atoms with Crippen LogP contribution in [-0.2, 0) is 11.5 Å². The Morgan fingerprint density at radius 1 is 1.43 bits per heavy atom. The third-order valence-corrected chi connectivity index (χ3v) is 3.88. The number of nitrogens with one attached hydrogen (secondary N) is 1. The fourth-order valence-corrected chi connectivity index (χ4v) is 2.39. The molecule has 0 saturated carbocycles. The van der Waals surface area contributed by atoms with Gasteiger partial charge < -0.3 is 9.73 Å². The zero-order valence-corrected chi connectivity index (χ0v) is 15.5. The molecule has 0 fully saturated rings. The molecule has 124 valence electrons. The van der Waals surface area contributed by atoms with E-state index in [4.69, 9.17) is 16.6 Å². The van der Waals surface area contributed by atoms with Crippen molar-refractivity contribution in [2.75, 3.05) is 20.1 Å². The number of carbonyl (C=O) groups is 1. The third-order valence-electron chi connectivity index (χ3n) is 3.06. The zero-order valence-electron chi connectivity index (χ0n) is 13.1. The minimum Gasteiger partial charge on any atom is -0.409 e. The van der Waals surface area contributed by atoms with Gasteiger partial charge in [0.25, 0.3) is 4.84 Å². The topological polar surface area (TPSA) is 63.3 Å². The highest BCUT2D eigenvalue weighted by Crippen LogP contribution is 2.20. The normalized spacial score (nSPS) is 11.0. The summed E-state index contributed by atoms with van der Waals surface area (Å²) in [5.74, 6) is 0.448. The number of amides is 1. The number of hydrogen-bond acceptors (Lipinski definition) is 5. The lowest BCUT2D eigenvalue weighted by molar-refractivity contribution is -0.122. The van der Waals surface area contributed by atoms with Crippen LogP contribution in [0.5, 0.6) is 0 Å². The van der Waals surface area contributed by atoms with Crippen LogP contribution in [-0.4, -0.2) is 40.7 Å². The number of benzene rings is 1. The molecule has 0 unspecified atom stereocenters. The van der Waals surface area contributed by atoms with E-state index in [1.165, 1.54) is 0 Å². The van der Waals surface area contributed by atoms with Gasteiger partial charge in [0.15, 0.2) is 0 Å². The number of rotatable bonds is 7. The summed E-state index contributed by atoms with van der Waals surface area (Å²) in [7, 11) is 1.83. The number of hydrogen-bond donors (Lipinski definition) is 1. The Balaban J connectivity index is 2.02. The monoisotopic (exact) mass is 398 g/mol. The molecule has 0 bridgehead atoms. The summed E-state index contributed by atoms with van der Waals surface area (Å²) in [6, 6.07) is 7.63. The van der Waals surface area contributed by atoms with Crippen LogP contribution >= 0.6 is 28.1 Å². The fourth-order valence-electron chi connectivity index (χ4n) is 1.95. The smallest absolute Gasteiger partial charge is 0.288 e. The lowest BCUT2D eigenvalue weighted by atomic mass is 10.2. The Bertz CT molecular complexity index is 711. The largest absolute Gasteiger partial charge is 0.409 e. The van der Waals surface area contributed by atoms with Crippen LogP contribution in [0.1, 0.15) is 13.3 Å². The van der Waals surface area contributed by atoms with Crippen molar-refractivity contribution in [2.24, 2.45) is 0 Å². The maximum atomic E-state index is 11.7. The summed E-state index contributed by atoms with van der Waals surface area (Å²) in [4.78, 5) is 13.8. The predicted octanol–water partition coefficient (Wildman–Crippen LogP) is 3.05. The first-order valence-corrected chi connectivity index (χ1v) is 8.49. The van der Waals surface area contributed by atoms with Crippen LogP contribution in [0.25, 0.3) is 11.5 Å². The molecule has 1 amide bonds. The second-order valence-electron chi connectivity index (χ2n) is 5.19. The molecule has 2 rings (SSSR count). The summed E-state index contributed by atoms with van der Waals surface area (Å²) in [5, 5.41) is 7.21. The average molecular weight is 399 g/mol. The van der Waals surface area contributed by atoms with E-state index in [0.717, 1.165) is 16.5 Å². The molecule has 0 aliphatic heterocycles. The van der Waals surface area contributed by atoms with Crippen LogP contribution in [0.4, 0.5) is 0 Å². The van der Waals surface area contributed by atoms with Crippen molar-refractivity contribution in [1.82, 2.24) is 20.0 Å². The lowest BCUT2D eigenvalue weighted by Gasteiger charge is -2.15. The standard InChI is InChI=1S/C15H19BrN4O2S/c1-3-8-17-13(21)9-19(2)10-20-15(23)22-14(18-20)11-4-6-12(16)7-5-11/h4-7H,3,8-10H2,1-2H3,(H,17,21). The van der Waals surface area contributed by atoms with Crippen molar-refractivity contribution in [3.8, 4) is 11.5 Å². The Kier molecular flexibility index (Phi) is 6.49. The minimum absolute atomic E-state index is 0.0162. The Labute approximate surface area is 148 Å². The molecule has 1 aromatic carbocycles. The van der Waals surface area contributed by atoms with Gasteiger partial charge in [-0.15, -0.1) is 5.10 Å². The van der Waals surface area contributed by atoms with Crippen molar-refractivity contribution in [1.29, 1.82) is 0 Å². The second-order valence-corrected chi connectivity index (χ2v) is 6.45. The average Bonchev–Trinajstić information content (AvgIpc) is 2.86. The van der Waals surface area contributed by atoms with Gasteiger partial charge in [0, 0.05) is 16.6 Å². The van der Waals surface area contributed by atoms with Crippen molar-refractivity contribution in [3.63, 3.8) is 0 Å². The Morgan fingerprint density at radius 2 is 2.13 bits per heavy atom. The minimum atomic E-state index is -0.0162. The van der Waals surface area contributed by atoms with Gasteiger partial charge in [0.2, 0.25) is 11.8 Å². The van der Waals surface area contributed by atoms with E-state index in [1.54, 1.807) is 4.68 Å². The maximum absolute atomic E-state index is 11.7.